The number of fused-ring (bicyclic) bond motifs is 3. The van der Waals surface area contributed by atoms with E-state index in [-0.39, 0.29) is 0 Å². The molecule has 2 nitrogen and oxygen atoms in total. The van der Waals surface area contributed by atoms with Crippen molar-refractivity contribution in [3.8, 4) is 11.1 Å². The first-order chi connectivity index (χ1) is 9.34. The van der Waals surface area contributed by atoms with Crippen molar-refractivity contribution in [2.24, 2.45) is 0 Å². The Bertz CT molecular complexity index is 878. The topological polar surface area (TPSA) is 17.3 Å². The van der Waals surface area contributed by atoms with Gasteiger partial charge in [-0.2, -0.15) is 11.3 Å². The highest BCUT2D eigenvalue weighted by atomic mass is 35.5. The van der Waals surface area contributed by atoms with Gasteiger partial charge in [0.05, 0.1) is 22.7 Å². The van der Waals surface area contributed by atoms with Crippen LogP contribution in [-0.4, -0.2) is 9.38 Å². The van der Waals surface area contributed by atoms with Gasteiger partial charge in [-0.1, -0.05) is 23.7 Å². The summed E-state index contributed by atoms with van der Waals surface area (Å²) in [4.78, 5) is 4.52. The van der Waals surface area contributed by atoms with Crippen LogP contribution in [0.3, 0.4) is 0 Å². The molecule has 0 atom stereocenters. The smallest absolute Gasteiger partial charge is 0.114 e. The lowest BCUT2D eigenvalue weighted by Crippen LogP contribution is -1.90. The molecule has 0 aliphatic heterocycles. The van der Waals surface area contributed by atoms with Crippen LogP contribution in [0.25, 0.3) is 27.7 Å². The van der Waals surface area contributed by atoms with E-state index in [1.165, 1.54) is 5.56 Å². The molecule has 0 unspecified atom stereocenters. The van der Waals surface area contributed by atoms with Gasteiger partial charge >= 0.3 is 0 Å². The fraction of sp³-hybridized carbons (Fsp3) is 0. The summed E-state index contributed by atoms with van der Waals surface area (Å²) in [5.74, 6) is 0. The second-order valence-corrected chi connectivity index (χ2v) is 5.53. The number of nitrogens with zero attached hydrogens (tertiary/aromatic N) is 2. The van der Waals surface area contributed by atoms with Crippen LogP contribution in [0.5, 0.6) is 0 Å². The van der Waals surface area contributed by atoms with Crippen molar-refractivity contribution >= 4 is 39.5 Å². The molecule has 0 saturated carbocycles. The van der Waals surface area contributed by atoms with Gasteiger partial charge < -0.3 is 0 Å². The fourth-order valence-electron chi connectivity index (χ4n) is 2.41. The molecule has 0 saturated heterocycles. The Balaban J connectivity index is 2.17. The second-order valence-electron chi connectivity index (χ2n) is 4.36. The number of rotatable bonds is 1. The molecule has 0 N–H and O–H groups in total. The molecular formula is C15H9ClN2S. The van der Waals surface area contributed by atoms with Gasteiger partial charge in [0, 0.05) is 5.56 Å². The van der Waals surface area contributed by atoms with Crippen LogP contribution in [0.1, 0.15) is 0 Å². The van der Waals surface area contributed by atoms with Crippen LogP contribution >= 0.6 is 22.9 Å². The zero-order valence-electron chi connectivity index (χ0n) is 9.88. The van der Waals surface area contributed by atoms with Crippen molar-refractivity contribution in [3.63, 3.8) is 0 Å². The summed E-state index contributed by atoms with van der Waals surface area (Å²) in [5.41, 5.74) is 5.34. The number of benzene rings is 1. The highest BCUT2D eigenvalue weighted by molar-refractivity contribution is 7.08. The number of halogens is 1. The molecule has 0 spiro atoms. The van der Waals surface area contributed by atoms with Crippen LogP contribution in [0.15, 0.2) is 53.4 Å². The highest BCUT2D eigenvalue weighted by Gasteiger charge is 2.12. The predicted octanol–water partition coefficient (Wildman–Crippen LogP) is 4.87. The van der Waals surface area contributed by atoms with Crippen LogP contribution in [0, 0.1) is 0 Å². The van der Waals surface area contributed by atoms with Crippen molar-refractivity contribution in [2.75, 3.05) is 0 Å². The minimum absolute atomic E-state index is 0.717. The first-order valence-corrected chi connectivity index (χ1v) is 7.24. The minimum atomic E-state index is 0.717. The molecule has 1 aromatic carbocycles. The maximum Gasteiger partial charge on any atom is 0.114 e. The Labute approximate surface area is 118 Å². The molecule has 19 heavy (non-hydrogen) atoms. The third-order valence-corrected chi connectivity index (χ3v) is 4.24. The Morgan fingerprint density at radius 3 is 2.84 bits per heavy atom. The van der Waals surface area contributed by atoms with Crippen molar-refractivity contribution in [1.82, 2.24) is 9.38 Å². The SMILES string of the molecule is Clc1cc(-c2ccsc2)c2cnc3ccccc3n12. The van der Waals surface area contributed by atoms with E-state index in [2.05, 4.69) is 26.2 Å². The largest absolute Gasteiger partial charge is 0.296 e. The van der Waals surface area contributed by atoms with E-state index in [9.17, 15) is 0 Å². The van der Waals surface area contributed by atoms with Crippen LogP contribution in [0.4, 0.5) is 0 Å². The molecule has 92 valence electrons. The van der Waals surface area contributed by atoms with Crippen molar-refractivity contribution < 1.29 is 0 Å². The van der Waals surface area contributed by atoms with E-state index < -0.39 is 0 Å². The first-order valence-electron chi connectivity index (χ1n) is 5.92. The standard InChI is InChI=1S/C15H9ClN2S/c16-15-7-11(10-5-6-19-9-10)14-8-17-12-3-1-2-4-13(12)18(14)15/h1-9H. The summed E-state index contributed by atoms with van der Waals surface area (Å²) in [6, 6.07) is 12.1. The fourth-order valence-corrected chi connectivity index (χ4v) is 3.35. The molecule has 3 heterocycles. The molecule has 0 radical (unpaired) electrons. The van der Waals surface area contributed by atoms with E-state index in [0.717, 1.165) is 27.3 Å². The van der Waals surface area contributed by atoms with Crippen LogP contribution in [0.2, 0.25) is 5.15 Å². The summed E-state index contributed by atoms with van der Waals surface area (Å²) in [6.07, 6.45) is 1.89. The van der Waals surface area contributed by atoms with Gasteiger partial charge in [0.1, 0.15) is 5.15 Å². The number of para-hydroxylation sites is 2. The zero-order valence-corrected chi connectivity index (χ0v) is 11.4. The van der Waals surface area contributed by atoms with Gasteiger partial charge in [0.2, 0.25) is 0 Å². The van der Waals surface area contributed by atoms with Gasteiger partial charge in [-0.3, -0.25) is 9.38 Å². The minimum Gasteiger partial charge on any atom is -0.296 e. The number of aromatic nitrogens is 2. The molecule has 4 heteroatoms. The Morgan fingerprint density at radius 1 is 1.11 bits per heavy atom. The van der Waals surface area contributed by atoms with Crippen LogP contribution < -0.4 is 0 Å². The van der Waals surface area contributed by atoms with Gasteiger partial charge in [-0.15, -0.1) is 0 Å². The Morgan fingerprint density at radius 2 is 2.00 bits per heavy atom. The molecule has 0 aliphatic carbocycles. The number of hydrogen-bond acceptors (Lipinski definition) is 2. The van der Waals surface area contributed by atoms with E-state index in [1.807, 2.05) is 36.5 Å². The maximum absolute atomic E-state index is 6.41. The van der Waals surface area contributed by atoms with E-state index >= 15 is 0 Å². The molecule has 0 fully saturated rings. The van der Waals surface area contributed by atoms with Gasteiger partial charge in [0.15, 0.2) is 0 Å². The lowest BCUT2D eigenvalue weighted by atomic mass is 10.1. The summed E-state index contributed by atoms with van der Waals surface area (Å²) in [5, 5.41) is 4.91. The lowest BCUT2D eigenvalue weighted by Gasteiger charge is -2.03. The molecule has 4 aromatic rings. The summed E-state index contributed by atoms with van der Waals surface area (Å²) in [7, 11) is 0. The van der Waals surface area contributed by atoms with Crippen molar-refractivity contribution in [3.05, 3.63) is 58.5 Å². The van der Waals surface area contributed by atoms with E-state index in [1.54, 1.807) is 11.3 Å². The first kappa shape index (κ1) is 11.0. The molecular weight excluding hydrogens is 276 g/mol. The van der Waals surface area contributed by atoms with Crippen molar-refractivity contribution in [2.45, 2.75) is 0 Å². The molecule has 4 rings (SSSR count). The number of thiophene rings is 1. The van der Waals surface area contributed by atoms with Gasteiger partial charge in [0.25, 0.3) is 0 Å². The predicted molar refractivity (Wildman–Crippen MR) is 81.0 cm³/mol. The lowest BCUT2D eigenvalue weighted by molar-refractivity contribution is 1.23. The number of hydrogen-bond donors (Lipinski definition) is 0. The Hall–Kier alpha value is -1.84. The van der Waals surface area contributed by atoms with E-state index in [4.69, 9.17) is 11.6 Å². The summed E-state index contributed by atoms with van der Waals surface area (Å²) in [6.45, 7) is 0. The maximum atomic E-state index is 6.41. The quantitative estimate of drug-likeness (QED) is 0.487. The summed E-state index contributed by atoms with van der Waals surface area (Å²) < 4.78 is 2.05. The van der Waals surface area contributed by atoms with Crippen LogP contribution in [-0.2, 0) is 0 Å². The third kappa shape index (κ3) is 1.59. The van der Waals surface area contributed by atoms with Gasteiger partial charge in [-0.25, -0.2) is 0 Å². The molecule has 0 bridgehead atoms. The monoisotopic (exact) mass is 284 g/mol. The molecule has 0 amide bonds. The highest BCUT2D eigenvalue weighted by Crippen LogP contribution is 2.33. The zero-order chi connectivity index (χ0) is 12.8. The van der Waals surface area contributed by atoms with Gasteiger partial charge in [-0.05, 0) is 40.6 Å². The van der Waals surface area contributed by atoms with Crippen molar-refractivity contribution in [1.29, 1.82) is 0 Å². The normalized spacial score (nSPS) is 11.4. The average molecular weight is 285 g/mol. The average Bonchev–Trinajstić information content (AvgIpc) is 3.06. The molecule has 0 aliphatic rings. The Kier molecular flexibility index (Phi) is 2.37. The summed E-state index contributed by atoms with van der Waals surface area (Å²) >= 11 is 8.10. The molecule has 3 aromatic heterocycles. The second kappa shape index (κ2) is 4.08. The third-order valence-electron chi connectivity index (χ3n) is 3.27. The van der Waals surface area contributed by atoms with E-state index in [0.29, 0.717) is 0 Å².